The van der Waals surface area contributed by atoms with Crippen LogP contribution in [0.25, 0.3) is 6.08 Å². The maximum atomic E-state index is 12.0. The molecule has 110 valence electrons. The van der Waals surface area contributed by atoms with Gasteiger partial charge in [-0.2, -0.15) is 0 Å². The van der Waals surface area contributed by atoms with Crippen molar-refractivity contribution in [2.45, 2.75) is 19.8 Å². The van der Waals surface area contributed by atoms with Crippen molar-refractivity contribution in [2.24, 2.45) is 10.9 Å². The number of rotatable bonds is 4. The van der Waals surface area contributed by atoms with Gasteiger partial charge in [0.2, 0.25) is 0 Å². The van der Waals surface area contributed by atoms with Crippen LogP contribution in [0, 0.1) is 12.8 Å². The van der Waals surface area contributed by atoms with Crippen molar-refractivity contribution in [1.82, 2.24) is 5.32 Å². The van der Waals surface area contributed by atoms with E-state index in [1.54, 1.807) is 20.3 Å². The summed E-state index contributed by atoms with van der Waals surface area (Å²) in [6.07, 6.45) is 3.95. The molecule has 0 atom stereocenters. The molecule has 21 heavy (non-hydrogen) atoms. The SMILES string of the molecule is COc1cc(/C=C2/N=C(C3CC3)NC2=O)c(OC)cc1C. The number of hydrogen-bond donors (Lipinski definition) is 1. The van der Waals surface area contributed by atoms with Crippen molar-refractivity contribution in [3.63, 3.8) is 0 Å². The maximum Gasteiger partial charge on any atom is 0.275 e. The van der Waals surface area contributed by atoms with Crippen LogP contribution >= 0.6 is 0 Å². The zero-order valence-electron chi connectivity index (χ0n) is 12.4. The van der Waals surface area contributed by atoms with Crippen LogP contribution in [-0.4, -0.2) is 26.0 Å². The summed E-state index contributed by atoms with van der Waals surface area (Å²) in [4.78, 5) is 16.4. The molecule has 1 aromatic carbocycles. The predicted octanol–water partition coefficient (Wildman–Crippen LogP) is 2.29. The lowest BCUT2D eigenvalue weighted by Gasteiger charge is -2.10. The molecule has 1 aliphatic carbocycles. The third-order valence-electron chi connectivity index (χ3n) is 3.72. The van der Waals surface area contributed by atoms with Gasteiger partial charge in [-0.25, -0.2) is 4.99 Å². The molecule has 1 aliphatic heterocycles. The molecule has 0 aromatic heterocycles. The number of amides is 1. The Morgan fingerprint density at radius 3 is 2.57 bits per heavy atom. The van der Waals surface area contributed by atoms with Crippen LogP contribution in [0.15, 0.2) is 22.8 Å². The zero-order valence-corrected chi connectivity index (χ0v) is 12.4. The van der Waals surface area contributed by atoms with Crippen molar-refractivity contribution in [1.29, 1.82) is 0 Å². The first-order chi connectivity index (χ1) is 10.1. The normalized spacial score (nSPS) is 19.5. The van der Waals surface area contributed by atoms with E-state index < -0.39 is 0 Å². The molecule has 0 spiro atoms. The van der Waals surface area contributed by atoms with Gasteiger partial charge < -0.3 is 14.8 Å². The molecule has 0 bridgehead atoms. The average Bonchev–Trinajstić information content (AvgIpc) is 3.26. The highest BCUT2D eigenvalue weighted by atomic mass is 16.5. The van der Waals surface area contributed by atoms with E-state index in [1.807, 2.05) is 19.1 Å². The molecular weight excluding hydrogens is 268 g/mol. The van der Waals surface area contributed by atoms with Gasteiger partial charge in [0.25, 0.3) is 5.91 Å². The number of aliphatic imine (C=N–C) groups is 1. The van der Waals surface area contributed by atoms with Crippen molar-refractivity contribution in [3.8, 4) is 11.5 Å². The van der Waals surface area contributed by atoms with Crippen molar-refractivity contribution < 1.29 is 14.3 Å². The number of amidine groups is 1. The molecule has 1 aromatic rings. The van der Waals surface area contributed by atoms with E-state index in [0.29, 0.717) is 17.4 Å². The summed E-state index contributed by atoms with van der Waals surface area (Å²) in [6.45, 7) is 1.95. The Morgan fingerprint density at radius 1 is 1.24 bits per heavy atom. The first-order valence-electron chi connectivity index (χ1n) is 6.96. The summed E-state index contributed by atoms with van der Waals surface area (Å²) < 4.78 is 10.7. The molecule has 0 saturated heterocycles. The second-order valence-electron chi connectivity index (χ2n) is 5.32. The Morgan fingerprint density at radius 2 is 1.95 bits per heavy atom. The first kappa shape index (κ1) is 13.7. The standard InChI is InChI=1S/C16H18N2O3/c1-9-6-14(21-3)11(8-13(9)20-2)7-12-16(19)18-15(17-12)10-4-5-10/h6-8,10H,4-5H2,1-3H3,(H,17,18,19)/b12-7+. The molecule has 0 unspecified atom stereocenters. The summed E-state index contributed by atoms with van der Waals surface area (Å²) in [5.74, 6) is 2.52. The van der Waals surface area contributed by atoms with Crippen LogP contribution in [0.4, 0.5) is 0 Å². The predicted molar refractivity (Wildman–Crippen MR) is 80.6 cm³/mol. The van der Waals surface area contributed by atoms with Gasteiger partial charge in [-0.05, 0) is 43.5 Å². The number of methoxy groups -OCH3 is 2. The van der Waals surface area contributed by atoms with Crippen LogP contribution in [0.5, 0.6) is 11.5 Å². The fourth-order valence-electron chi connectivity index (χ4n) is 2.37. The minimum Gasteiger partial charge on any atom is -0.496 e. The highest BCUT2D eigenvalue weighted by Crippen LogP contribution is 2.34. The molecular formula is C16H18N2O3. The van der Waals surface area contributed by atoms with Gasteiger partial charge in [0.05, 0.1) is 14.2 Å². The van der Waals surface area contributed by atoms with Gasteiger partial charge in [0, 0.05) is 11.5 Å². The third kappa shape index (κ3) is 2.63. The number of nitrogens with zero attached hydrogens (tertiary/aromatic N) is 1. The van der Waals surface area contributed by atoms with E-state index in [-0.39, 0.29) is 5.91 Å². The molecule has 3 rings (SSSR count). The average molecular weight is 286 g/mol. The van der Waals surface area contributed by atoms with Crippen LogP contribution in [0.1, 0.15) is 24.0 Å². The smallest absolute Gasteiger partial charge is 0.275 e. The Balaban J connectivity index is 1.99. The molecule has 1 heterocycles. The Bertz CT molecular complexity index is 658. The van der Waals surface area contributed by atoms with Gasteiger partial charge in [-0.15, -0.1) is 0 Å². The third-order valence-corrected chi connectivity index (χ3v) is 3.72. The summed E-state index contributed by atoms with van der Waals surface area (Å²) in [5, 5.41) is 2.83. The molecule has 0 radical (unpaired) electrons. The minimum atomic E-state index is -0.154. The molecule has 1 amide bonds. The zero-order chi connectivity index (χ0) is 15.0. The number of benzene rings is 1. The Labute approximate surface area is 123 Å². The van der Waals surface area contributed by atoms with E-state index >= 15 is 0 Å². The van der Waals surface area contributed by atoms with E-state index in [0.717, 1.165) is 35.6 Å². The van der Waals surface area contributed by atoms with Crippen molar-refractivity contribution >= 4 is 17.8 Å². The second kappa shape index (κ2) is 5.24. The molecule has 1 fully saturated rings. The number of ether oxygens (including phenoxy) is 2. The molecule has 2 aliphatic rings. The van der Waals surface area contributed by atoms with Gasteiger partial charge in [0.15, 0.2) is 0 Å². The van der Waals surface area contributed by atoms with E-state index in [9.17, 15) is 4.79 Å². The summed E-state index contributed by atoms with van der Waals surface area (Å²) in [6, 6.07) is 3.75. The van der Waals surface area contributed by atoms with Gasteiger partial charge in [-0.1, -0.05) is 0 Å². The van der Waals surface area contributed by atoms with Crippen LogP contribution < -0.4 is 14.8 Å². The largest absolute Gasteiger partial charge is 0.496 e. The Kier molecular flexibility index (Phi) is 3.41. The molecule has 5 nitrogen and oxygen atoms in total. The van der Waals surface area contributed by atoms with E-state index in [4.69, 9.17) is 9.47 Å². The lowest BCUT2D eigenvalue weighted by molar-refractivity contribution is -0.115. The molecule has 5 heteroatoms. The summed E-state index contributed by atoms with van der Waals surface area (Å²) >= 11 is 0. The van der Waals surface area contributed by atoms with Crippen LogP contribution in [0.2, 0.25) is 0 Å². The molecule has 1 N–H and O–H groups in total. The quantitative estimate of drug-likeness (QED) is 0.864. The highest BCUT2D eigenvalue weighted by molar-refractivity contribution is 6.15. The van der Waals surface area contributed by atoms with Gasteiger partial charge in [0.1, 0.15) is 23.0 Å². The topological polar surface area (TPSA) is 59.9 Å². The first-order valence-corrected chi connectivity index (χ1v) is 6.96. The van der Waals surface area contributed by atoms with Gasteiger partial charge in [-0.3, -0.25) is 4.79 Å². The van der Waals surface area contributed by atoms with Crippen LogP contribution in [0.3, 0.4) is 0 Å². The fraction of sp³-hybridized carbons (Fsp3) is 0.375. The number of nitrogens with one attached hydrogen (secondary N) is 1. The number of carbonyl (C=O) groups is 1. The van der Waals surface area contributed by atoms with Crippen molar-refractivity contribution in [3.05, 3.63) is 29.0 Å². The summed E-state index contributed by atoms with van der Waals surface area (Å²) in [7, 11) is 3.23. The number of hydrogen-bond acceptors (Lipinski definition) is 4. The highest BCUT2D eigenvalue weighted by Gasteiger charge is 2.33. The number of aryl methyl sites for hydroxylation is 1. The molecule has 1 saturated carbocycles. The van der Waals surface area contributed by atoms with E-state index in [2.05, 4.69) is 10.3 Å². The van der Waals surface area contributed by atoms with E-state index in [1.165, 1.54) is 0 Å². The number of carbonyl (C=O) groups excluding carboxylic acids is 1. The minimum absolute atomic E-state index is 0.154. The monoisotopic (exact) mass is 286 g/mol. The second-order valence-corrected chi connectivity index (χ2v) is 5.32. The summed E-state index contributed by atoms with van der Waals surface area (Å²) in [5.41, 5.74) is 2.18. The van der Waals surface area contributed by atoms with Crippen LogP contribution in [-0.2, 0) is 4.79 Å². The fourth-order valence-corrected chi connectivity index (χ4v) is 2.37. The lowest BCUT2D eigenvalue weighted by Crippen LogP contribution is -2.25. The lowest BCUT2D eigenvalue weighted by atomic mass is 10.1. The maximum absolute atomic E-state index is 12.0. The van der Waals surface area contributed by atoms with Crippen molar-refractivity contribution in [2.75, 3.05) is 14.2 Å². The Hall–Kier alpha value is -2.30. The van der Waals surface area contributed by atoms with Gasteiger partial charge >= 0.3 is 0 Å².